The van der Waals surface area contributed by atoms with Crippen molar-refractivity contribution in [2.24, 2.45) is 0 Å². The van der Waals surface area contributed by atoms with Crippen molar-refractivity contribution < 1.29 is 5.11 Å². The van der Waals surface area contributed by atoms with Crippen molar-refractivity contribution in [1.29, 1.82) is 0 Å². The summed E-state index contributed by atoms with van der Waals surface area (Å²) in [5.74, 6) is 0. The van der Waals surface area contributed by atoms with Crippen LogP contribution in [0, 0.1) is 0 Å². The Bertz CT molecular complexity index is 214. The Morgan fingerprint density at radius 3 is 1.82 bits per heavy atom. The standard InChI is InChI=1S/C16H28O/c1-2-3-4-5-6-7-8-9-10-11-12-13-14-15-16-17/h5-6,10-13,17H,2-4,7-9,14-16H2,1H3/b6-5?,11-10+,13-12+. The molecule has 0 radical (unpaired) electrons. The molecule has 0 aliphatic carbocycles. The Balaban J connectivity index is 3.24. The van der Waals surface area contributed by atoms with Crippen LogP contribution in [0.15, 0.2) is 36.5 Å². The zero-order chi connectivity index (χ0) is 12.6. The number of aliphatic hydroxyl groups is 1. The van der Waals surface area contributed by atoms with E-state index in [1.54, 1.807) is 0 Å². The zero-order valence-electron chi connectivity index (χ0n) is 11.3. The molecule has 98 valence electrons. The molecular formula is C16H28O. The van der Waals surface area contributed by atoms with Gasteiger partial charge in [-0.1, -0.05) is 56.2 Å². The van der Waals surface area contributed by atoms with E-state index in [0.29, 0.717) is 6.61 Å². The molecule has 0 atom stereocenters. The van der Waals surface area contributed by atoms with Crippen LogP contribution in [0.2, 0.25) is 0 Å². The molecule has 0 aromatic carbocycles. The first kappa shape index (κ1) is 16.2. The predicted molar refractivity (Wildman–Crippen MR) is 77.1 cm³/mol. The first-order chi connectivity index (χ1) is 8.41. The van der Waals surface area contributed by atoms with Crippen LogP contribution in [-0.2, 0) is 0 Å². The lowest BCUT2D eigenvalue weighted by atomic mass is 10.2. The Labute approximate surface area is 107 Å². The summed E-state index contributed by atoms with van der Waals surface area (Å²) in [6.45, 7) is 2.52. The molecular weight excluding hydrogens is 208 g/mol. The lowest BCUT2D eigenvalue weighted by molar-refractivity contribution is 0.289. The summed E-state index contributed by atoms with van der Waals surface area (Å²) in [5.41, 5.74) is 0. The molecule has 0 unspecified atom stereocenters. The van der Waals surface area contributed by atoms with E-state index in [1.165, 1.54) is 32.1 Å². The highest BCUT2D eigenvalue weighted by Crippen LogP contribution is 2.01. The van der Waals surface area contributed by atoms with E-state index in [-0.39, 0.29) is 0 Å². The minimum absolute atomic E-state index is 0.290. The van der Waals surface area contributed by atoms with Gasteiger partial charge in [0, 0.05) is 6.61 Å². The minimum Gasteiger partial charge on any atom is -0.396 e. The van der Waals surface area contributed by atoms with Gasteiger partial charge >= 0.3 is 0 Å². The predicted octanol–water partition coefficient (Wildman–Crippen LogP) is 4.79. The number of aliphatic hydroxyl groups excluding tert-OH is 1. The SMILES string of the molecule is CCCCC=CCCC/C=C/C=C/CCCO. The van der Waals surface area contributed by atoms with E-state index in [0.717, 1.165) is 19.3 Å². The molecule has 0 fully saturated rings. The van der Waals surface area contributed by atoms with Gasteiger partial charge in [0.05, 0.1) is 0 Å². The second-order valence-electron chi connectivity index (χ2n) is 4.27. The van der Waals surface area contributed by atoms with Gasteiger partial charge in [0.1, 0.15) is 0 Å². The van der Waals surface area contributed by atoms with Crippen molar-refractivity contribution in [1.82, 2.24) is 0 Å². The molecule has 0 amide bonds. The Hall–Kier alpha value is -0.820. The van der Waals surface area contributed by atoms with Gasteiger partial charge in [-0.2, -0.15) is 0 Å². The third-order valence-corrected chi connectivity index (χ3v) is 2.54. The van der Waals surface area contributed by atoms with Gasteiger partial charge < -0.3 is 5.11 Å². The van der Waals surface area contributed by atoms with Crippen molar-refractivity contribution in [2.45, 2.75) is 58.3 Å². The van der Waals surface area contributed by atoms with E-state index in [2.05, 4.69) is 43.4 Å². The molecule has 0 aliphatic rings. The second-order valence-corrected chi connectivity index (χ2v) is 4.27. The Morgan fingerprint density at radius 2 is 1.24 bits per heavy atom. The zero-order valence-corrected chi connectivity index (χ0v) is 11.3. The molecule has 0 spiro atoms. The van der Waals surface area contributed by atoms with E-state index in [1.807, 2.05) is 0 Å². The van der Waals surface area contributed by atoms with Gasteiger partial charge in [-0.15, -0.1) is 0 Å². The number of unbranched alkanes of at least 4 members (excludes halogenated alkanes) is 5. The fourth-order valence-electron chi connectivity index (χ4n) is 1.47. The van der Waals surface area contributed by atoms with Crippen LogP contribution >= 0.6 is 0 Å². The first-order valence-corrected chi connectivity index (χ1v) is 6.99. The summed E-state index contributed by atoms with van der Waals surface area (Å²) in [6.07, 6.45) is 22.4. The number of allylic oxidation sites excluding steroid dienone is 6. The maximum absolute atomic E-state index is 8.59. The van der Waals surface area contributed by atoms with Crippen LogP contribution in [0.25, 0.3) is 0 Å². The molecule has 0 saturated heterocycles. The fraction of sp³-hybridized carbons (Fsp3) is 0.625. The van der Waals surface area contributed by atoms with Crippen molar-refractivity contribution in [3.8, 4) is 0 Å². The monoisotopic (exact) mass is 236 g/mol. The van der Waals surface area contributed by atoms with Gasteiger partial charge in [0.15, 0.2) is 0 Å². The third kappa shape index (κ3) is 15.2. The van der Waals surface area contributed by atoms with Gasteiger partial charge in [0.2, 0.25) is 0 Å². The molecule has 1 N–H and O–H groups in total. The number of rotatable bonds is 11. The molecule has 0 aliphatic heterocycles. The molecule has 0 rings (SSSR count). The van der Waals surface area contributed by atoms with E-state index >= 15 is 0 Å². The second kappa shape index (κ2) is 15.2. The maximum atomic E-state index is 8.59. The van der Waals surface area contributed by atoms with Crippen LogP contribution in [0.1, 0.15) is 58.3 Å². The van der Waals surface area contributed by atoms with E-state index in [9.17, 15) is 0 Å². The molecule has 0 heterocycles. The first-order valence-electron chi connectivity index (χ1n) is 6.99. The smallest absolute Gasteiger partial charge is 0.0433 e. The quantitative estimate of drug-likeness (QED) is 0.311. The highest BCUT2D eigenvalue weighted by atomic mass is 16.2. The van der Waals surface area contributed by atoms with Gasteiger partial charge in [-0.25, -0.2) is 0 Å². The van der Waals surface area contributed by atoms with Gasteiger partial charge in [-0.05, 0) is 38.5 Å². The summed E-state index contributed by atoms with van der Waals surface area (Å²) in [4.78, 5) is 0. The third-order valence-electron chi connectivity index (χ3n) is 2.54. The summed E-state index contributed by atoms with van der Waals surface area (Å²) < 4.78 is 0. The Morgan fingerprint density at radius 1 is 0.706 bits per heavy atom. The fourth-order valence-corrected chi connectivity index (χ4v) is 1.47. The normalized spacial score (nSPS) is 12.4. The molecule has 0 bridgehead atoms. The topological polar surface area (TPSA) is 20.2 Å². The van der Waals surface area contributed by atoms with Crippen LogP contribution < -0.4 is 0 Å². The largest absolute Gasteiger partial charge is 0.396 e. The molecule has 1 nitrogen and oxygen atoms in total. The van der Waals surface area contributed by atoms with E-state index < -0.39 is 0 Å². The summed E-state index contributed by atoms with van der Waals surface area (Å²) in [7, 11) is 0. The van der Waals surface area contributed by atoms with Crippen LogP contribution in [-0.4, -0.2) is 11.7 Å². The van der Waals surface area contributed by atoms with Crippen molar-refractivity contribution in [2.75, 3.05) is 6.61 Å². The maximum Gasteiger partial charge on any atom is 0.0433 e. The molecule has 1 heteroatoms. The Kier molecular flexibility index (Phi) is 14.4. The number of hydrogen-bond acceptors (Lipinski definition) is 1. The average molecular weight is 236 g/mol. The average Bonchev–Trinajstić information content (AvgIpc) is 2.35. The van der Waals surface area contributed by atoms with Gasteiger partial charge in [-0.3, -0.25) is 0 Å². The highest BCUT2D eigenvalue weighted by Gasteiger charge is 1.81. The number of hydrogen-bond donors (Lipinski definition) is 1. The van der Waals surface area contributed by atoms with Crippen molar-refractivity contribution in [3.05, 3.63) is 36.5 Å². The van der Waals surface area contributed by atoms with Crippen molar-refractivity contribution >= 4 is 0 Å². The van der Waals surface area contributed by atoms with E-state index in [4.69, 9.17) is 5.11 Å². The molecule has 0 saturated carbocycles. The lowest BCUT2D eigenvalue weighted by Gasteiger charge is -1.91. The molecule has 0 aromatic heterocycles. The lowest BCUT2D eigenvalue weighted by Crippen LogP contribution is -1.77. The summed E-state index contributed by atoms with van der Waals surface area (Å²) >= 11 is 0. The highest BCUT2D eigenvalue weighted by molar-refractivity contribution is 5.02. The van der Waals surface area contributed by atoms with Crippen LogP contribution in [0.3, 0.4) is 0 Å². The summed E-state index contributed by atoms with van der Waals surface area (Å²) in [6, 6.07) is 0. The van der Waals surface area contributed by atoms with Crippen LogP contribution in [0.4, 0.5) is 0 Å². The van der Waals surface area contributed by atoms with Crippen LogP contribution in [0.5, 0.6) is 0 Å². The van der Waals surface area contributed by atoms with Gasteiger partial charge in [0.25, 0.3) is 0 Å². The molecule has 0 aromatic rings. The summed E-state index contributed by atoms with van der Waals surface area (Å²) in [5, 5.41) is 8.59. The molecule has 17 heavy (non-hydrogen) atoms. The minimum atomic E-state index is 0.290. The van der Waals surface area contributed by atoms with Crippen molar-refractivity contribution in [3.63, 3.8) is 0 Å².